The molecular weight excluding hydrogens is 507 g/mol. The van der Waals surface area contributed by atoms with Gasteiger partial charge in [0.15, 0.2) is 0 Å². The molecule has 0 atom stereocenters. The summed E-state index contributed by atoms with van der Waals surface area (Å²) in [4.78, 5) is 38.3. The molecule has 1 aliphatic rings. The third kappa shape index (κ3) is 6.18. The number of rotatable bonds is 5. The Hall–Kier alpha value is -4.12. The second kappa shape index (κ2) is 10.9. The topological polar surface area (TPSA) is 115 Å². The van der Waals surface area contributed by atoms with Gasteiger partial charge in [0.1, 0.15) is 5.71 Å². The normalized spacial score (nSPS) is 12.4. The number of primary amides is 1. The number of halogens is 3. The molecule has 37 heavy (non-hydrogen) atoms. The van der Waals surface area contributed by atoms with Crippen LogP contribution >= 0.6 is 12.2 Å². The highest BCUT2D eigenvalue weighted by Crippen LogP contribution is 2.35. The number of nitrogens with two attached hydrogens (primary N) is 1. The van der Waals surface area contributed by atoms with Gasteiger partial charge in [-0.15, -0.1) is 0 Å². The molecule has 1 aromatic heterocycles. The molecule has 192 valence electrons. The third-order valence-electron chi connectivity index (χ3n) is 5.68. The monoisotopic (exact) mass is 529 g/mol. The van der Waals surface area contributed by atoms with E-state index in [2.05, 4.69) is 4.99 Å². The molecule has 1 amide bonds. The number of amides is 1. The van der Waals surface area contributed by atoms with E-state index in [0.717, 1.165) is 17.3 Å². The summed E-state index contributed by atoms with van der Waals surface area (Å²) >= 11 is 5.04. The zero-order chi connectivity index (χ0) is 27.5. The maximum atomic E-state index is 13.3. The van der Waals surface area contributed by atoms with Crippen LogP contribution in [0.25, 0.3) is 11.1 Å². The fourth-order valence-electron chi connectivity index (χ4n) is 3.64. The van der Waals surface area contributed by atoms with Crippen molar-refractivity contribution in [1.82, 2.24) is 4.57 Å². The van der Waals surface area contributed by atoms with Gasteiger partial charge in [-0.05, 0) is 36.6 Å². The summed E-state index contributed by atoms with van der Waals surface area (Å²) in [6.45, 7) is 1.44. The van der Waals surface area contributed by atoms with Crippen LogP contribution in [0.15, 0.2) is 64.4 Å². The summed E-state index contributed by atoms with van der Waals surface area (Å²) in [5.74, 6) is -1.52. The number of carboxylic acids is 1. The van der Waals surface area contributed by atoms with Crippen molar-refractivity contribution in [2.75, 3.05) is 0 Å². The highest BCUT2D eigenvalue weighted by atomic mass is 32.1. The number of aliphatic imine (C=N–C) groups is 1. The number of hydrogen-bond donors (Lipinski definition) is 2. The quantitative estimate of drug-likeness (QED) is 0.477. The number of benzene rings is 2. The SMILES string of the molecule is Cc1cc(C(F)(F)F)c(-c2ccc(CCC(=O)O)cc2)c(=O)n1C.NC(=O)C1=Nc2ccccc2C1=S. The highest BCUT2D eigenvalue weighted by Gasteiger charge is 2.36. The second-order valence-electron chi connectivity index (χ2n) is 8.20. The molecule has 3 N–H and O–H groups in total. The third-order valence-corrected chi connectivity index (χ3v) is 6.09. The van der Waals surface area contributed by atoms with Crippen LogP contribution in [0.1, 0.15) is 28.8 Å². The Labute approximate surface area is 215 Å². The molecule has 4 rings (SSSR count). The van der Waals surface area contributed by atoms with E-state index >= 15 is 0 Å². The number of para-hydroxylation sites is 1. The number of aliphatic carboxylic acids is 1. The number of nitrogens with zero attached hydrogens (tertiary/aromatic N) is 2. The number of hydrogen-bond acceptors (Lipinski definition) is 5. The largest absolute Gasteiger partial charge is 0.481 e. The lowest BCUT2D eigenvalue weighted by Crippen LogP contribution is -2.27. The number of alkyl halides is 3. The second-order valence-corrected chi connectivity index (χ2v) is 8.61. The smallest absolute Gasteiger partial charge is 0.417 e. The lowest BCUT2D eigenvalue weighted by atomic mass is 9.98. The van der Waals surface area contributed by atoms with E-state index in [1.807, 2.05) is 18.2 Å². The molecule has 0 saturated heterocycles. The summed E-state index contributed by atoms with van der Waals surface area (Å²) < 4.78 is 41.1. The molecule has 0 aliphatic carbocycles. The van der Waals surface area contributed by atoms with E-state index in [-0.39, 0.29) is 29.8 Å². The minimum absolute atomic E-state index is 0.0700. The van der Waals surface area contributed by atoms with Crippen LogP contribution in [0.2, 0.25) is 0 Å². The molecule has 3 aromatic rings. The highest BCUT2D eigenvalue weighted by molar-refractivity contribution is 7.83. The van der Waals surface area contributed by atoms with Gasteiger partial charge in [0, 0.05) is 24.7 Å². The van der Waals surface area contributed by atoms with Gasteiger partial charge < -0.3 is 15.4 Å². The maximum Gasteiger partial charge on any atom is 0.417 e. The molecule has 0 radical (unpaired) electrons. The Balaban J connectivity index is 0.000000244. The summed E-state index contributed by atoms with van der Waals surface area (Å²) in [5.41, 5.74) is 5.79. The molecule has 0 unspecified atom stereocenters. The van der Waals surface area contributed by atoms with Gasteiger partial charge in [-0.2, -0.15) is 13.2 Å². The van der Waals surface area contributed by atoms with E-state index in [4.69, 9.17) is 23.1 Å². The van der Waals surface area contributed by atoms with E-state index in [0.29, 0.717) is 10.4 Å². The van der Waals surface area contributed by atoms with Crippen molar-refractivity contribution in [3.8, 4) is 11.1 Å². The summed E-state index contributed by atoms with van der Waals surface area (Å²) in [7, 11) is 1.42. The zero-order valence-electron chi connectivity index (χ0n) is 19.8. The summed E-state index contributed by atoms with van der Waals surface area (Å²) in [6.07, 6.45) is -4.44. The Morgan fingerprint density at radius 2 is 1.73 bits per heavy atom. The first-order valence-electron chi connectivity index (χ1n) is 10.9. The zero-order valence-corrected chi connectivity index (χ0v) is 20.6. The number of carbonyl (C=O) groups is 2. The molecule has 0 spiro atoms. The molecule has 2 heterocycles. The Bertz CT molecular complexity index is 1480. The molecule has 11 heteroatoms. The first-order valence-corrected chi connectivity index (χ1v) is 11.3. The van der Waals surface area contributed by atoms with Gasteiger partial charge in [0.05, 0.1) is 21.7 Å². The molecule has 1 aliphatic heterocycles. The van der Waals surface area contributed by atoms with E-state index in [9.17, 15) is 27.6 Å². The van der Waals surface area contributed by atoms with Gasteiger partial charge in [-0.1, -0.05) is 54.7 Å². The van der Waals surface area contributed by atoms with Crippen molar-refractivity contribution in [3.05, 3.63) is 87.3 Å². The van der Waals surface area contributed by atoms with Gasteiger partial charge in [-0.3, -0.25) is 14.4 Å². The number of pyridine rings is 1. The van der Waals surface area contributed by atoms with E-state index in [1.165, 1.54) is 42.8 Å². The maximum absolute atomic E-state index is 13.3. The Morgan fingerprint density at radius 3 is 2.27 bits per heavy atom. The minimum Gasteiger partial charge on any atom is -0.481 e. The van der Waals surface area contributed by atoms with Crippen LogP contribution in [0.3, 0.4) is 0 Å². The van der Waals surface area contributed by atoms with Crippen molar-refractivity contribution < 1.29 is 27.9 Å². The van der Waals surface area contributed by atoms with Gasteiger partial charge in [0.2, 0.25) is 0 Å². The number of aryl methyl sites for hydroxylation is 2. The minimum atomic E-state index is -4.64. The molecule has 0 bridgehead atoms. The fourth-order valence-corrected chi connectivity index (χ4v) is 3.96. The molecule has 7 nitrogen and oxygen atoms in total. The summed E-state index contributed by atoms with van der Waals surface area (Å²) in [5, 5.41) is 8.66. The predicted molar refractivity (Wildman–Crippen MR) is 137 cm³/mol. The van der Waals surface area contributed by atoms with Crippen LogP contribution < -0.4 is 11.3 Å². The van der Waals surface area contributed by atoms with Gasteiger partial charge in [-0.25, -0.2) is 4.99 Å². The number of thiocarbonyl (C=S) groups is 1. The van der Waals surface area contributed by atoms with Gasteiger partial charge >= 0.3 is 12.1 Å². The van der Waals surface area contributed by atoms with Crippen molar-refractivity contribution in [3.63, 3.8) is 0 Å². The lowest BCUT2D eigenvalue weighted by molar-refractivity contribution is -0.138. The van der Waals surface area contributed by atoms with Crippen molar-refractivity contribution in [2.45, 2.75) is 25.9 Å². The molecule has 0 saturated carbocycles. The predicted octanol–water partition coefficient (Wildman–Crippen LogP) is 4.37. The Kier molecular flexibility index (Phi) is 8.07. The van der Waals surface area contributed by atoms with Crippen molar-refractivity contribution in [2.24, 2.45) is 17.8 Å². The molecular formula is C26H22F3N3O4S. The number of fused-ring (bicyclic) bond motifs is 1. The number of carboxylic acid groups (broad SMARTS) is 1. The fraction of sp³-hybridized carbons (Fsp3) is 0.192. The van der Waals surface area contributed by atoms with Crippen LogP contribution in [0.5, 0.6) is 0 Å². The lowest BCUT2D eigenvalue weighted by Gasteiger charge is -2.16. The van der Waals surface area contributed by atoms with E-state index < -0.39 is 34.7 Å². The average Bonchev–Trinajstić information content (AvgIpc) is 3.18. The van der Waals surface area contributed by atoms with Crippen LogP contribution in [-0.4, -0.2) is 32.1 Å². The number of carbonyl (C=O) groups excluding carboxylic acids is 1. The van der Waals surface area contributed by atoms with Gasteiger partial charge in [0.25, 0.3) is 11.5 Å². The van der Waals surface area contributed by atoms with Crippen molar-refractivity contribution >= 4 is 40.4 Å². The van der Waals surface area contributed by atoms with Crippen LogP contribution in [-0.2, 0) is 29.2 Å². The number of aromatic nitrogens is 1. The summed E-state index contributed by atoms with van der Waals surface area (Å²) in [6, 6.07) is 14.2. The Morgan fingerprint density at radius 1 is 1.11 bits per heavy atom. The molecule has 0 fully saturated rings. The van der Waals surface area contributed by atoms with Crippen LogP contribution in [0, 0.1) is 6.92 Å². The van der Waals surface area contributed by atoms with Crippen LogP contribution in [0.4, 0.5) is 18.9 Å². The molecule has 2 aromatic carbocycles. The first-order chi connectivity index (χ1) is 17.3. The standard InChI is InChI=1S/C17H16F3NO3.C9H6N2OS/c1-10-9-13(17(18,19)20)15(16(24)21(10)2)12-6-3-11(4-7-12)5-8-14(22)23;10-9(12)7-8(13)5-3-1-2-4-6(5)11-7/h3-4,6-7,9H,5,8H2,1-2H3,(H,22,23);1-4H,(H2,10,12). The first kappa shape index (κ1) is 27.5. The van der Waals surface area contributed by atoms with E-state index in [1.54, 1.807) is 6.07 Å². The van der Waals surface area contributed by atoms with Crippen molar-refractivity contribution in [1.29, 1.82) is 0 Å². The average molecular weight is 530 g/mol.